The number of hydrogen-bond acceptors (Lipinski definition) is 4. The van der Waals surface area contributed by atoms with E-state index in [1.807, 2.05) is 29.9 Å². The van der Waals surface area contributed by atoms with E-state index in [0.29, 0.717) is 18.2 Å². The molecule has 1 unspecified atom stereocenters. The fraction of sp³-hybridized carbons (Fsp3) is 0.385. The highest BCUT2D eigenvalue weighted by atomic mass is 19.1. The van der Waals surface area contributed by atoms with Crippen molar-refractivity contribution in [1.82, 2.24) is 15.1 Å². The third-order valence-corrected chi connectivity index (χ3v) is 6.79. The van der Waals surface area contributed by atoms with Crippen LogP contribution >= 0.6 is 0 Å². The minimum absolute atomic E-state index is 0.0391. The van der Waals surface area contributed by atoms with E-state index in [1.165, 1.54) is 6.92 Å². The van der Waals surface area contributed by atoms with Crippen LogP contribution in [0.5, 0.6) is 11.5 Å². The van der Waals surface area contributed by atoms with Gasteiger partial charge in [0.15, 0.2) is 11.6 Å². The smallest absolute Gasteiger partial charge is 0.224 e. The maximum Gasteiger partial charge on any atom is 0.224 e. The zero-order valence-corrected chi connectivity index (χ0v) is 19.4. The normalized spacial score (nSPS) is 18.6. The molecule has 8 heteroatoms. The molecule has 6 nitrogen and oxygen atoms in total. The zero-order valence-electron chi connectivity index (χ0n) is 19.4. The Kier molecular flexibility index (Phi) is 6.08. The van der Waals surface area contributed by atoms with E-state index in [0.717, 1.165) is 72.9 Å². The van der Waals surface area contributed by atoms with Gasteiger partial charge in [0, 0.05) is 41.9 Å². The Balaban J connectivity index is 1.62. The highest BCUT2D eigenvalue weighted by molar-refractivity contribution is 5.95. The molecule has 2 aromatic carbocycles. The van der Waals surface area contributed by atoms with Gasteiger partial charge in [-0.3, -0.25) is 9.48 Å². The molecule has 0 radical (unpaired) electrons. The summed E-state index contributed by atoms with van der Waals surface area (Å²) >= 11 is 0. The molecule has 1 aromatic heterocycles. The van der Waals surface area contributed by atoms with Gasteiger partial charge in [-0.25, -0.2) is 8.78 Å². The lowest BCUT2D eigenvalue weighted by atomic mass is 9.92. The second-order valence-corrected chi connectivity index (χ2v) is 9.08. The predicted octanol–water partition coefficient (Wildman–Crippen LogP) is 5.23. The summed E-state index contributed by atoms with van der Waals surface area (Å²) in [4.78, 5) is 14.2. The van der Waals surface area contributed by atoms with Gasteiger partial charge in [0.2, 0.25) is 5.91 Å². The van der Waals surface area contributed by atoms with Crippen molar-refractivity contribution >= 4 is 11.6 Å². The molecule has 0 saturated carbocycles. The van der Waals surface area contributed by atoms with E-state index in [4.69, 9.17) is 4.74 Å². The summed E-state index contributed by atoms with van der Waals surface area (Å²) in [7, 11) is 0. The van der Waals surface area contributed by atoms with Crippen molar-refractivity contribution in [2.45, 2.75) is 51.6 Å². The number of ether oxygens (including phenoxy) is 1. The Morgan fingerprint density at radius 3 is 2.71 bits per heavy atom. The van der Waals surface area contributed by atoms with Crippen LogP contribution in [-0.2, 0) is 11.2 Å². The molecule has 2 aliphatic rings. The summed E-state index contributed by atoms with van der Waals surface area (Å²) in [6.45, 7) is 5.44. The standard InChI is InChI=1S/C26H28F2N4O2/c1-16-3-5-22-24(32(16)17(2)33)8-6-21(26(22)34-25-13-19(27)4-7-23(25)28)18-14-30-31(15-18)20-9-11-29-12-10-20/h4,6-8,13-16,20,29H,3,5,9-12H2,1-2H3. The van der Waals surface area contributed by atoms with Crippen LogP contribution < -0.4 is 15.0 Å². The van der Waals surface area contributed by atoms with Gasteiger partial charge >= 0.3 is 0 Å². The molecule has 2 aliphatic heterocycles. The van der Waals surface area contributed by atoms with Crippen LogP contribution in [0, 0.1) is 11.6 Å². The topological polar surface area (TPSA) is 59.4 Å². The molecule has 34 heavy (non-hydrogen) atoms. The third kappa shape index (κ3) is 4.18. The van der Waals surface area contributed by atoms with Crippen LogP contribution in [0.4, 0.5) is 14.5 Å². The number of fused-ring (bicyclic) bond motifs is 1. The lowest BCUT2D eigenvalue weighted by molar-refractivity contribution is -0.117. The second kappa shape index (κ2) is 9.18. The molecule has 178 valence electrons. The van der Waals surface area contributed by atoms with Gasteiger partial charge in [-0.15, -0.1) is 0 Å². The minimum atomic E-state index is -0.650. The van der Waals surface area contributed by atoms with Crippen LogP contribution in [0.3, 0.4) is 0 Å². The van der Waals surface area contributed by atoms with Gasteiger partial charge in [0.25, 0.3) is 0 Å². The van der Waals surface area contributed by atoms with Crippen molar-refractivity contribution in [3.8, 4) is 22.6 Å². The van der Waals surface area contributed by atoms with Gasteiger partial charge in [0.1, 0.15) is 11.6 Å². The summed E-state index contributed by atoms with van der Waals surface area (Å²) < 4.78 is 36.5. The first-order valence-corrected chi connectivity index (χ1v) is 11.8. The Hall–Kier alpha value is -3.26. The molecule has 1 atom stereocenters. The molecule has 1 saturated heterocycles. The number of anilines is 1. The summed E-state index contributed by atoms with van der Waals surface area (Å²) in [6.07, 6.45) is 7.16. The quantitative estimate of drug-likeness (QED) is 0.572. The van der Waals surface area contributed by atoms with Crippen molar-refractivity contribution in [3.05, 3.63) is 59.9 Å². The third-order valence-electron chi connectivity index (χ3n) is 6.79. The number of carbonyl (C=O) groups is 1. The van der Waals surface area contributed by atoms with Gasteiger partial charge in [0.05, 0.1) is 17.9 Å². The summed E-state index contributed by atoms with van der Waals surface area (Å²) in [5.41, 5.74) is 3.12. The molecule has 0 aliphatic carbocycles. The molecule has 0 bridgehead atoms. The number of amides is 1. The molecule has 3 aromatic rings. The van der Waals surface area contributed by atoms with E-state index in [2.05, 4.69) is 10.4 Å². The number of nitrogens with one attached hydrogen (secondary N) is 1. The fourth-order valence-corrected chi connectivity index (χ4v) is 5.04. The largest absolute Gasteiger partial charge is 0.453 e. The second-order valence-electron chi connectivity index (χ2n) is 9.08. The number of halogens is 2. The Morgan fingerprint density at radius 2 is 1.94 bits per heavy atom. The first kappa shape index (κ1) is 22.5. The SMILES string of the molecule is CC(=O)N1c2ccc(-c3cnn(C4CCNCC4)c3)c(Oc3cc(F)ccc3F)c2CCC1C. The lowest BCUT2D eigenvalue weighted by Crippen LogP contribution is -2.40. The van der Waals surface area contributed by atoms with Crippen molar-refractivity contribution in [2.24, 2.45) is 0 Å². The molecule has 1 N–H and O–H groups in total. The van der Waals surface area contributed by atoms with E-state index in [9.17, 15) is 13.6 Å². The van der Waals surface area contributed by atoms with Crippen LogP contribution in [0.1, 0.15) is 44.7 Å². The van der Waals surface area contributed by atoms with E-state index in [-0.39, 0.29) is 17.7 Å². The van der Waals surface area contributed by atoms with Gasteiger partial charge in [-0.2, -0.15) is 5.10 Å². The van der Waals surface area contributed by atoms with Gasteiger partial charge in [-0.05, 0) is 70.0 Å². The average Bonchev–Trinajstić information content (AvgIpc) is 3.32. The van der Waals surface area contributed by atoms with Crippen molar-refractivity contribution in [1.29, 1.82) is 0 Å². The number of benzene rings is 2. The number of hydrogen-bond donors (Lipinski definition) is 1. The van der Waals surface area contributed by atoms with Crippen molar-refractivity contribution < 1.29 is 18.3 Å². The number of rotatable bonds is 4. The molecule has 0 spiro atoms. The number of carbonyl (C=O) groups excluding carboxylic acids is 1. The highest BCUT2D eigenvalue weighted by Gasteiger charge is 2.31. The summed E-state index contributed by atoms with van der Waals surface area (Å²) in [6, 6.07) is 7.31. The first-order chi connectivity index (χ1) is 16.4. The Labute approximate surface area is 197 Å². The van der Waals surface area contributed by atoms with E-state index >= 15 is 0 Å². The van der Waals surface area contributed by atoms with Crippen LogP contribution in [0.15, 0.2) is 42.7 Å². The molecule has 1 fully saturated rings. The molecule has 1 amide bonds. The Bertz CT molecular complexity index is 1220. The van der Waals surface area contributed by atoms with Crippen molar-refractivity contribution in [2.75, 3.05) is 18.0 Å². The van der Waals surface area contributed by atoms with Crippen molar-refractivity contribution in [3.63, 3.8) is 0 Å². The van der Waals surface area contributed by atoms with E-state index in [1.54, 1.807) is 11.1 Å². The highest BCUT2D eigenvalue weighted by Crippen LogP contribution is 2.45. The Morgan fingerprint density at radius 1 is 1.15 bits per heavy atom. The predicted molar refractivity (Wildman–Crippen MR) is 126 cm³/mol. The van der Waals surface area contributed by atoms with Crippen LogP contribution in [-0.4, -0.2) is 34.8 Å². The molecule has 3 heterocycles. The van der Waals surface area contributed by atoms with Crippen LogP contribution in [0.25, 0.3) is 11.1 Å². The molecular weight excluding hydrogens is 438 g/mol. The molecular formula is C26H28F2N4O2. The zero-order chi connectivity index (χ0) is 23.8. The van der Waals surface area contributed by atoms with E-state index < -0.39 is 11.6 Å². The maximum atomic E-state index is 14.6. The number of aromatic nitrogens is 2. The van der Waals surface area contributed by atoms with Gasteiger partial charge in [-0.1, -0.05) is 0 Å². The van der Waals surface area contributed by atoms with Crippen LogP contribution in [0.2, 0.25) is 0 Å². The minimum Gasteiger partial charge on any atom is -0.453 e. The molecule has 5 rings (SSSR count). The lowest BCUT2D eigenvalue weighted by Gasteiger charge is -2.36. The number of nitrogens with zero attached hydrogens (tertiary/aromatic N) is 3. The fourth-order valence-electron chi connectivity index (χ4n) is 5.04. The summed E-state index contributed by atoms with van der Waals surface area (Å²) in [5.74, 6) is -1.05. The van der Waals surface area contributed by atoms with Gasteiger partial charge < -0.3 is 15.0 Å². The average molecular weight is 467 g/mol. The maximum absolute atomic E-state index is 14.6. The summed E-state index contributed by atoms with van der Waals surface area (Å²) in [5, 5.41) is 7.96. The monoisotopic (exact) mass is 466 g/mol. The first-order valence-electron chi connectivity index (χ1n) is 11.8. The number of piperidine rings is 1.